The van der Waals surface area contributed by atoms with E-state index in [4.69, 9.17) is 4.74 Å². The smallest absolute Gasteiger partial charge is 0.324 e. The van der Waals surface area contributed by atoms with Crippen molar-refractivity contribution < 1.29 is 27.5 Å². The highest BCUT2D eigenvalue weighted by Gasteiger charge is 2.26. The SMILES string of the molecule is CC(=O)c1ccc(S(=O)(=O)N[C@@H](C)C(=O)OCC(=O)N[C@H]2CCCC[C@@H]2C)cc1. The number of rotatable bonds is 8. The number of ketones is 1. The molecule has 0 saturated heterocycles. The van der Waals surface area contributed by atoms with Crippen molar-refractivity contribution in [3.63, 3.8) is 0 Å². The van der Waals surface area contributed by atoms with Crippen LogP contribution in [0.3, 0.4) is 0 Å². The zero-order valence-corrected chi connectivity index (χ0v) is 17.8. The maximum absolute atomic E-state index is 12.4. The van der Waals surface area contributed by atoms with Crippen LogP contribution in [-0.4, -0.2) is 44.8 Å². The van der Waals surface area contributed by atoms with Crippen molar-refractivity contribution in [1.29, 1.82) is 0 Å². The molecule has 1 aromatic rings. The number of nitrogens with one attached hydrogen (secondary N) is 2. The van der Waals surface area contributed by atoms with E-state index in [9.17, 15) is 22.8 Å². The number of sulfonamides is 1. The van der Waals surface area contributed by atoms with E-state index in [1.807, 2.05) is 0 Å². The summed E-state index contributed by atoms with van der Waals surface area (Å²) in [6, 6.07) is 4.27. The number of Topliss-reactive ketones (excluding diaryl/α,β-unsaturated/α-hetero) is 1. The molecule has 9 heteroatoms. The Hall–Kier alpha value is -2.26. The molecule has 0 unspecified atom stereocenters. The van der Waals surface area contributed by atoms with E-state index in [0.717, 1.165) is 25.7 Å². The minimum absolute atomic E-state index is 0.0730. The lowest BCUT2D eigenvalue weighted by molar-refractivity contribution is -0.150. The van der Waals surface area contributed by atoms with Gasteiger partial charge in [-0.05, 0) is 44.7 Å². The minimum Gasteiger partial charge on any atom is -0.454 e. The van der Waals surface area contributed by atoms with Gasteiger partial charge in [-0.2, -0.15) is 4.72 Å². The number of carbonyl (C=O) groups is 3. The first-order chi connectivity index (χ1) is 13.6. The monoisotopic (exact) mass is 424 g/mol. The molecule has 1 aliphatic carbocycles. The van der Waals surface area contributed by atoms with E-state index in [2.05, 4.69) is 17.0 Å². The fourth-order valence-corrected chi connectivity index (χ4v) is 4.45. The van der Waals surface area contributed by atoms with Gasteiger partial charge in [0.25, 0.3) is 5.91 Å². The van der Waals surface area contributed by atoms with Crippen molar-refractivity contribution in [3.8, 4) is 0 Å². The fraction of sp³-hybridized carbons (Fsp3) is 0.550. The molecule has 0 aromatic heterocycles. The van der Waals surface area contributed by atoms with Gasteiger partial charge in [-0.25, -0.2) is 8.42 Å². The van der Waals surface area contributed by atoms with Gasteiger partial charge in [0.2, 0.25) is 10.0 Å². The molecular weight excluding hydrogens is 396 g/mol. The van der Waals surface area contributed by atoms with E-state index in [-0.39, 0.29) is 16.7 Å². The van der Waals surface area contributed by atoms with Crippen molar-refractivity contribution in [3.05, 3.63) is 29.8 Å². The molecule has 0 spiro atoms. The highest BCUT2D eigenvalue weighted by atomic mass is 32.2. The Labute approximate surface area is 171 Å². The summed E-state index contributed by atoms with van der Waals surface area (Å²) >= 11 is 0. The van der Waals surface area contributed by atoms with Crippen molar-refractivity contribution in [1.82, 2.24) is 10.0 Å². The summed E-state index contributed by atoms with van der Waals surface area (Å²) in [5.41, 5.74) is 0.384. The van der Waals surface area contributed by atoms with E-state index < -0.39 is 34.5 Å². The third-order valence-electron chi connectivity index (χ3n) is 5.06. The van der Waals surface area contributed by atoms with Crippen LogP contribution in [-0.2, 0) is 24.3 Å². The van der Waals surface area contributed by atoms with Gasteiger partial charge in [0.15, 0.2) is 12.4 Å². The molecule has 1 fully saturated rings. The quantitative estimate of drug-likeness (QED) is 0.485. The van der Waals surface area contributed by atoms with Crippen LogP contribution in [0.5, 0.6) is 0 Å². The van der Waals surface area contributed by atoms with Crippen LogP contribution >= 0.6 is 0 Å². The number of amides is 1. The van der Waals surface area contributed by atoms with Gasteiger partial charge >= 0.3 is 5.97 Å². The van der Waals surface area contributed by atoms with E-state index >= 15 is 0 Å². The molecule has 0 heterocycles. The van der Waals surface area contributed by atoms with Crippen LogP contribution in [0, 0.1) is 5.92 Å². The number of hydrogen-bond acceptors (Lipinski definition) is 6. The van der Waals surface area contributed by atoms with E-state index in [1.54, 1.807) is 0 Å². The van der Waals surface area contributed by atoms with Gasteiger partial charge in [0.1, 0.15) is 6.04 Å². The first kappa shape index (κ1) is 23.0. The van der Waals surface area contributed by atoms with Gasteiger partial charge < -0.3 is 10.1 Å². The Kier molecular flexibility index (Phi) is 7.92. The number of hydrogen-bond donors (Lipinski definition) is 2. The lowest BCUT2D eigenvalue weighted by atomic mass is 9.86. The Morgan fingerprint density at radius 1 is 1.14 bits per heavy atom. The minimum atomic E-state index is -3.98. The number of benzene rings is 1. The molecule has 160 valence electrons. The third kappa shape index (κ3) is 6.64. The molecule has 8 nitrogen and oxygen atoms in total. The number of esters is 1. The maximum Gasteiger partial charge on any atom is 0.324 e. The predicted molar refractivity (Wildman–Crippen MR) is 107 cm³/mol. The van der Waals surface area contributed by atoms with Gasteiger partial charge in [0.05, 0.1) is 4.90 Å². The molecule has 0 bridgehead atoms. The topological polar surface area (TPSA) is 119 Å². The Balaban J connectivity index is 1.85. The Morgan fingerprint density at radius 3 is 2.34 bits per heavy atom. The van der Waals surface area contributed by atoms with Crippen LogP contribution in [0.1, 0.15) is 56.8 Å². The third-order valence-corrected chi connectivity index (χ3v) is 6.62. The van der Waals surface area contributed by atoms with E-state index in [1.165, 1.54) is 38.1 Å². The van der Waals surface area contributed by atoms with Gasteiger partial charge in [-0.3, -0.25) is 14.4 Å². The first-order valence-corrected chi connectivity index (χ1v) is 11.2. The number of ether oxygens (including phenoxy) is 1. The predicted octanol–water partition coefficient (Wildman–Crippen LogP) is 1.79. The van der Waals surface area contributed by atoms with Gasteiger partial charge in [-0.15, -0.1) is 0 Å². The summed E-state index contributed by atoms with van der Waals surface area (Å²) in [6.45, 7) is 4.34. The van der Waals surface area contributed by atoms with Crippen LogP contribution in [0.2, 0.25) is 0 Å². The summed E-state index contributed by atoms with van der Waals surface area (Å²) in [5.74, 6) is -1.05. The average molecular weight is 425 g/mol. The molecule has 3 atom stereocenters. The largest absolute Gasteiger partial charge is 0.454 e. The van der Waals surface area contributed by atoms with Crippen molar-refractivity contribution in [2.24, 2.45) is 5.92 Å². The molecular formula is C20H28N2O6S. The normalized spacial score (nSPS) is 20.5. The molecule has 2 rings (SSSR count). The van der Waals surface area contributed by atoms with Crippen LogP contribution in [0.15, 0.2) is 29.2 Å². The second kappa shape index (κ2) is 9.98. The molecule has 2 N–H and O–H groups in total. The lowest BCUT2D eigenvalue weighted by Crippen LogP contribution is -2.44. The van der Waals surface area contributed by atoms with Crippen molar-refractivity contribution in [2.75, 3.05) is 6.61 Å². The molecule has 1 aliphatic rings. The fourth-order valence-electron chi connectivity index (χ4n) is 3.26. The highest BCUT2D eigenvalue weighted by molar-refractivity contribution is 7.89. The van der Waals surface area contributed by atoms with Crippen LogP contribution in [0.25, 0.3) is 0 Å². The lowest BCUT2D eigenvalue weighted by Gasteiger charge is -2.29. The second-order valence-electron chi connectivity index (χ2n) is 7.47. The summed E-state index contributed by atoms with van der Waals surface area (Å²) in [7, 11) is -3.98. The van der Waals surface area contributed by atoms with Gasteiger partial charge in [0, 0.05) is 11.6 Å². The summed E-state index contributed by atoms with van der Waals surface area (Å²) in [5, 5.41) is 2.87. The second-order valence-corrected chi connectivity index (χ2v) is 9.18. The van der Waals surface area contributed by atoms with Crippen molar-refractivity contribution in [2.45, 2.75) is 63.4 Å². The Morgan fingerprint density at radius 2 is 1.76 bits per heavy atom. The van der Waals surface area contributed by atoms with Gasteiger partial charge in [-0.1, -0.05) is 31.9 Å². The standard InChI is InChI=1S/C20H28N2O6S/c1-13-6-4-5-7-18(13)21-19(24)12-28-20(25)14(2)22-29(26,27)17-10-8-16(9-11-17)15(3)23/h8-11,13-14,18,22H,4-7,12H2,1-3H3,(H,21,24)/t13-,14-,18-/m0/s1. The summed E-state index contributed by atoms with van der Waals surface area (Å²) < 4.78 is 31.9. The average Bonchev–Trinajstić information content (AvgIpc) is 2.67. The summed E-state index contributed by atoms with van der Waals surface area (Å²) in [4.78, 5) is 35.3. The van der Waals surface area contributed by atoms with Crippen LogP contribution < -0.4 is 10.0 Å². The number of carbonyl (C=O) groups excluding carboxylic acids is 3. The summed E-state index contributed by atoms with van der Waals surface area (Å²) in [6.07, 6.45) is 4.16. The first-order valence-electron chi connectivity index (χ1n) is 9.69. The van der Waals surface area contributed by atoms with Crippen molar-refractivity contribution >= 4 is 27.7 Å². The Bertz CT molecular complexity index is 850. The van der Waals surface area contributed by atoms with E-state index in [0.29, 0.717) is 11.5 Å². The molecule has 1 aromatic carbocycles. The zero-order chi connectivity index (χ0) is 21.6. The molecule has 1 amide bonds. The molecule has 0 aliphatic heterocycles. The van der Waals surface area contributed by atoms with Crippen LogP contribution in [0.4, 0.5) is 0 Å². The highest BCUT2D eigenvalue weighted by Crippen LogP contribution is 2.23. The molecule has 0 radical (unpaired) electrons. The zero-order valence-electron chi connectivity index (χ0n) is 16.9. The molecule has 1 saturated carbocycles. The maximum atomic E-state index is 12.4. The molecule has 29 heavy (non-hydrogen) atoms.